The van der Waals surface area contributed by atoms with E-state index < -0.39 is 6.23 Å². The smallest absolute Gasteiger partial charge is 0.227 e. The summed E-state index contributed by atoms with van der Waals surface area (Å²) in [5.74, 6) is 0.0361. The topological polar surface area (TPSA) is 52.6 Å². The van der Waals surface area contributed by atoms with Crippen molar-refractivity contribution in [3.8, 4) is 0 Å². The maximum absolute atomic E-state index is 12.1. The van der Waals surface area contributed by atoms with Gasteiger partial charge in [-0.05, 0) is 31.8 Å². The second-order valence-corrected chi connectivity index (χ2v) is 5.16. The van der Waals surface area contributed by atoms with Gasteiger partial charge in [0.1, 0.15) is 6.23 Å². The van der Waals surface area contributed by atoms with Crippen molar-refractivity contribution in [2.75, 3.05) is 19.6 Å². The summed E-state index contributed by atoms with van der Waals surface area (Å²) in [4.78, 5) is 14.0. The van der Waals surface area contributed by atoms with Crippen molar-refractivity contribution >= 4 is 5.91 Å². The third-order valence-electron chi connectivity index (χ3n) is 3.16. The normalized spacial score (nSPS) is 14.9. The lowest BCUT2D eigenvalue weighted by Crippen LogP contribution is -2.47. The van der Waals surface area contributed by atoms with Gasteiger partial charge in [0.2, 0.25) is 5.91 Å². The molecule has 2 atom stereocenters. The molecule has 4 nitrogen and oxygen atoms in total. The van der Waals surface area contributed by atoms with Crippen LogP contribution in [0.3, 0.4) is 0 Å². The summed E-state index contributed by atoms with van der Waals surface area (Å²) in [7, 11) is 0. The minimum Gasteiger partial charge on any atom is -0.378 e. The number of carbonyl (C=O) groups is 1. The van der Waals surface area contributed by atoms with Gasteiger partial charge >= 0.3 is 0 Å². The van der Waals surface area contributed by atoms with E-state index in [9.17, 15) is 9.90 Å². The first kappa shape index (κ1) is 17.4. The molecule has 2 unspecified atom stereocenters. The van der Waals surface area contributed by atoms with Gasteiger partial charge in [-0.15, -0.1) is 0 Å². The Morgan fingerprint density at radius 2 is 1.78 bits per heavy atom. The van der Waals surface area contributed by atoms with Gasteiger partial charge in [0, 0.05) is 6.54 Å². The van der Waals surface area contributed by atoms with Crippen LogP contribution in [0.1, 0.15) is 47.5 Å². The highest BCUT2D eigenvalue weighted by molar-refractivity contribution is 5.79. The maximum Gasteiger partial charge on any atom is 0.227 e. The van der Waals surface area contributed by atoms with Crippen molar-refractivity contribution in [3.05, 3.63) is 0 Å². The number of hydrogen-bond donors (Lipinski definition) is 2. The summed E-state index contributed by atoms with van der Waals surface area (Å²) in [6.07, 6.45) is 0.952. The van der Waals surface area contributed by atoms with Gasteiger partial charge in [-0.3, -0.25) is 9.69 Å². The minimum absolute atomic E-state index is 0.0232. The van der Waals surface area contributed by atoms with Gasteiger partial charge in [0.15, 0.2) is 0 Å². The van der Waals surface area contributed by atoms with E-state index in [1.54, 1.807) is 0 Å². The van der Waals surface area contributed by atoms with Gasteiger partial charge in [0.25, 0.3) is 0 Å². The highest BCUT2D eigenvalue weighted by Crippen LogP contribution is 2.18. The molecule has 0 fully saturated rings. The predicted molar refractivity (Wildman–Crippen MR) is 75.2 cm³/mol. The Balaban J connectivity index is 4.69. The number of amides is 1. The van der Waals surface area contributed by atoms with Crippen LogP contribution >= 0.6 is 0 Å². The van der Waals surface area contributed by atoms with Gasteiger partial charge < -0.3 is 10.4 Å². The molecule has 0 rings (SSSR count). The first-order valence-corrected chi connectivity index (χ1v) is 7.17. The first-order chi connectivity index (χ1) is 8.47. The lowest BCUT2D eigenvalue weighted by atomic mass is 9.93. The molecule has 0 aromatic rings. The molecule has 2 N–H and O–H groups in total. The third-order valence-corrected chi connectivity index (χ3v) is 3.16. The minimum atomic E-state index is -0.681. The largest absolute Gasteiger partial charge is 0.378 e. The molecular formula is C14H30N2O2. The van der Waals surface area contributed by atoms with Crippen molar-refractivity contribution in [3.63, 3.8) is 0 Å². The van der Waals surface area contributed by atoms with Crippen molar-refractivity contribution in [1.82, 2.24) is 10.2 Å². The predicted octanol–water partition coefficient (Wildman–Crippen LogP) is 1.84. The second kappa shape index (κ2) is 9.34. The molecule has 4 heteroatoms. The van der Waals surface area contributed by atoms with Crippen LogP contribution in [0.5, 0.6) is 0 Å². The quantitative estimate of drug-likeness (QED) is 0.620. The molecule has 0 radical (unpaired) electrons. The molecule has 0 aromatic heterocycles. The van der Waals surface area contributed by atoms with E-state index in [1.165, 1.54) is 0 Å². The highest BCUT2D eigenvalue weighted by Gasteiger charge is 2.30. The lowest BCUT2D eigenvalue weighted by molar-refractivity contribution is -0.135. The zero-order chi connectivity index (χ0) is 14.1. The van der Waals surface area contributed by atoms with E-state index in [2.05, 4.69) is 19.2 Å². The van der Waals surface area contributed by atoms with Crippen LogP contribution < -0.4 is 5.32 Å². The average molecular weight is 258 g/mol. The van der Waals surface area contributed by atoms with E-state index in [0.29, 0.717) is 18.9 Å². The number of hydrogen-bond acceptors (Lipinski definition) is 3. The van der Waals surface area contributed by atoms with E-state index in [-0.39, 0.29) is 11.8 Å². The lowest BCUT2D eigenvalue weighted by Gasteiger charge is -2.32. The molecule has 0 aliphatic carbocycles. The summed E-state index contributed by atoms with van der Waals surface area (Å²) in [6.45, 7) is 12.4. The Hall–Kier alpha value is -0.610. The summed E-state index contributed by atoms with van der Waals surface area (Å²) in [5.41, 5.74) is 0. The van der Waals surface area contributed by atoms with Crippen LogP contribution in [0.2, 0.25) is 0 Å². The molecule has 1 amide bonds. The Kier molecular flexibility index (Phi) is 9.02. The monoisotopic (exact) mass is 258 g/mol. The zero-order valence-electron chi connectivity index (χ0n) is 12.6. The van der Waals surface area contributed by atoms with Crippen LogP contribution in [-0.4, -0.2) is 41.8 Å². The molecular weight excluding hydrogens is 228 g/mol. The number of aliphatic hydroxyl groups is 1. The van der Waals surface area contributed by atoms with Crippen LogP contribution in [-0.2, 0) is 4.79 Å². The molecule has 0 bridgehead atoms. The number of carbonyl (C=O) groups excluding carboxylic acids is 1. The molecule has 108 valence electrons. The summed E-state index contributed by atoms with van der Waals surface area (Å²) in [6, 6.07) is 0. The first-order valence-electron chi connectivity index (χ1n) is 7.17. The number of nitrogens with zero attached hydrogens (tertiary/aromatic N) is 1. The molecule has 0 heterocycles. The number of nitrogens with one attached hydrogen (secondary N) is 1. The molecule has 0 saturated carbocycles. The van der Waals surface area contributed by atoms with Crippen LogP contribution in [0.25, 0.3) is 0 Å². The average Bonchev–Trinajstić information content (AvgIpc) is 2.34. The van der Waals surface area contributed by atoms with E-state index in [0.717, 1.165) is 19.5 Å². The van der Waals surface area contributed by atoms with E-state index in [1.807, 2.05) is 25.7 Å². The van der Waals surface area contributed by atoms with Crippen LogP contribution in [0.4, 0.5) is 0 Å². The molecule has 18 heavy (non-hydrogen) atoms. The number of rotatable bonds is 9. The highest BCUT2D eigenvalue weighted by atomic mass is 16.3. The fourth-order valence-corrected chi connectivity index (χ4v) is 2.10. The second-order valence-electron chi connectivity index (χ2n) is 5.16. The Labute approximate surface area is 112 Å². The van der Waals surface area contributed by atoms with Crippen molar-refractivity contribution in [1.29, 1.82) is 0 Å². The fraction of sp³-hybridized carbons (Fsp3) is 0.929. The Bertz CT molecular complexity index is 228. The number of aliphatic hydroxyl groups excluding tert-OH is 1. The molecule has 0 aromatic carbocycles. The van der Waals surface area contributed by atoms with Gasteiger partial charge in [0.05, 0.1) is 5.92 Å². The molecule has 0 spiro atoms. The molecule has 0 saturated heterocycles. The molecule has 0 aliphatic heterocycles. The van der Waals surface area contributed by atoms with Gasteiger partial charge in [-0.1, -0.05) is 34.6 Å². The summed E-state index contributed by atoms with van der Waals surface area (Å²) in [5, 5.41) is 13.2. The van der Waals surface area contributed by atoms with E-state index in [4.69, 9.17) is 0 Å². The summed E-state index contributed by atoms with van der Waals surface area (Å²) < 4.78 is 0. The van der Waals surface area contributed by atoms with Crippen molar-refractivity contribution in [2.24, 2.45) is 11.8 Å². The third kappa shape index (κ3) is 5.83. The molecule has 0 aliphatic rings. The fourth-order valence-electron chi connectivity index (χ4n) is 2.10. The Morgan fingerprint density at radius 1 is 1.22 bits per heavy atom. The van der Waals surface area contributed by atoms with E-state index >= 15 is 0 Å². The van der Waals surface area contributed by atoms with Crippen molar-refractivity contribution in [2.45, 2.75) is 53.7 Å². The maximum atomic E-state index is 12.1. The van der Waals surface area contributed by atoms with Crippen LogP contribution in [0, 0.1) is 11.8 Å². The summed E-state index contributed by atoms with van der Waals surface area (Å²) >= 11 is 0. The SMILES string of the molecule is CCCNC(=O)C(CC(C)C)C(O)N(CC)CC. The van der Waals surface area contributed by atoms with Gasteiger partial charge in [-0.25, -0.2) is 0 Å². The standard InChI is InChI=1S/C14H30N2O2/c1-6-9-15-13(17)12(10-11(4)5)14(18)16(7-2)8-3/h11-12,14,18H,6-10H2,1-5H3,(H,15,17). The van der Waals surface area contributed by atoms with Crippen LogP contribution in [0.15, 0.2) is 0 Å². The Morgan fingerprint density at radius 3 is 2.17 bits per heavy atom. The zero-order valence-corrected chi connectivity index (χ0v) is 12.6. The van der Waals surface area contributed by atoms with Crippen molar-refractivity contribution < 1.29 is 9.90 Å². The van der Waals surface area contributed by atoms with Gasteiger partial charge in [-0.2, -0.15) is 0 Å².